The Labute approximate surface area is 147 Å². The van der Waals surface area contributed by atoms with Crippen LogP contribution in [0.1, 0.15) is 13.3 Å². The first-order valence-corrected chi connectivity index (χ1v) is 9.43. The summed E-state index contributed by atoms with van der Waals surface area (Å²) in [5, 5.41) is 9.74. The fraction of sp³-hybridized carbons (Fsp3) is 0.529. The summed E-state index contributed by atoms with van der Waals surface area (Å²) in [5.41, 5.74) is 0. The molecule has 1 aromatic heterocycles. The fourth-order valence-electron chi connectivity index (χ4n) is 2.59. The molecule has 130 valence electrons. The average Bonchev–Trinajstić information content (AvgIpc) is 3.06. The maximum Gasteiger partial charge on any atom is 0.228 e. The van der Waals surface area contributed by atoms with Gasteiger partial charge < -0.3 is 14.4 Å². The van der Waals surface area contributed by atoms with E-state index in [-0.39, 0.29) is 0 Å². The maximum absolute atomic E-state index is 5.72. The predicted molar refractivity (Wildman–Crippen MR) is 96.0 cm³/mol. The molecule has 1 aliphatic heterocycles. The fourth-order valence-corrected chi connectivity index (χ4v) is 3.50. The number of para-hydroxylation sites is 1. The van der Waals surface area contributed by atoms with Gasteiger partial charge in [-0.2, -0.15) is 0 Å². The van der Waals surface area contributed by atoms with Gasteiger partial charge in [-0.05, 0) is 25.5 Å². The van der Waals surface area contributed by atoms with Gasteiger partial charge in [0, 0.05) is 25.4 Å². The van der Waals surface area contributed by atoms with Gasteiger partial charge in [0.2, 0.25) is 5.95 Å². The molecule has 24 heavy (non-hydrogen) atoms. The molecule has 6 nitrogen and oxygen atoms in total. The third-order valence-electron chi connectivity index (χ3n) is 3.84. The molecule has 0 unspecified atom stereocenters. The number of thioether (sulfide) groups is 1. The molecular formula is C17H24N4O2S. The smallest absolute Gasteiger partial charge is 0.228 e. The van der Waals surface area contributed by atoms with Crippen LogP contribution >= 0.6 is 11.8 Å². The van der Waals surface area contributed by atoms with Gasteiger partial charge in [-0.3, -0.25) is 4.57 Å². The number of morpholine rings is 1. The van der Waals surface area contributed by atoms with E-state index in [1.54, 1.807) is 11.8 Å². The summed E-state index contributed by atoms with van der Waals surface area (Å²) < 4.78 is 13.3. The van der Waals surface area contributed by atoms with E-state index in [2.05, 4.69) is 26.6 Å². The monoisotopic (exact) mass is 348 g/mol. The average molecular weight is 348 g/mol. The number of hydrogen-bond donors (Lipinski definition) is 0. The Kier molecular flexibility index (Phi) is 6.37. The first kappa shape index (κ1) is 17.1. The van der Waals surface area contributed by atoms with E-state index < -0.39 is 0 Å². The van der Waals surface area contributed by atoms with Gasteiger partial charge in [-0.25, -0.2) is 0 Å². The molecule has 0 amide bonds. The van der Waals surface area contributed by atoms with Crippen LogP contribution in [0.5, 0.6) is 5.75 Å². The lowest BCUT2D eigenvalue weighted by molar-refractivity contribution is 0.121. The zero-order valence-electron chi connectivity index (χ0n) is 14.1. The number of nitrogens with zero attached hydrogens (tertiary/aromatic N) is 4. The Morgan fingerprint density at radius 3 is 2.71 bits per heavy atom. The Bertz CT molecular complexity index is 614. The van der Waals surface area contributed by atoms with Crippen molar-refractivity contribution < 1.29 is 9.47 Å². The lowest BCUT2D eigenvalue weighted by Gasteiger charge is -2.27. The Morgan fingerprint density at radius 1 is 1.17 bits per heavy atom. The molecule has 0 atom stereocenters. The predicted octanol–water partition coefficient (Wildman–Crippen LogP) is 2.70. The number of hydrogen-bond acceptors (Lipinski definition) is 6. The summed E-state index contributed by atoms with van der Waals surface area (Å²) >= 11 is 1.74. The van der Waals surface area contributed by atoms with Crippen LogP contribution in [0.3, 0.4) is 0 Å². The van der Waals surface area contributed by atoms with Crippen LogP contribution in [0.15, 0.2) is 35.5 Å². The van der Waals surface area contributed by atoms with E-state index in [1.165, 1.54) is 0 Å². The molecule has 3 rings (SSSR count). The van der Waals surface area contributed by atoms with Crippen LogP contribution < -0.4 is 9.64 Å². The van der Waals surface area contributed by atoms with E-state index in [0.29, 0.717) is 6.61 Å². The molecule has 0 radical (unpaired) electrons. The van der Waals surface area contributed by atoms with Crippen LogP contribution in [0.4, 0.5) is 5.95 Å². The van der Waals surface area contributed by atoms with Gasteiger partial charge in [0.1, 0.15) is 5.75 Å². The molecular weight excluding hydrogens is 324 g/mol. The van der Waals surface area contributed by atoms with Gasteiger partial charge in [-0.15, -0.1) is 10.2 Å². The van der Waals surface area contributed by atoms with Crippen molar-refractivity contribution in [2.24, 2.45) is 0 Å². The molecule has 0 aliphatic carbocycles. The molecule has 1 fully saturated rings. The first-order chi connectivity index (χ1) is 11.9. The molecule has 2 heterocycles. The summed E-state index contributed by atoms with van der Waals surface area (Å²) in [6.07, 6.45) is 0.975. The van der Waals surface area contributed by atoms with Crippen molar-refractivity contribution in [1.29, 1.82) is 0 Å². The zero-order valence-corrected chi connectivity index (χ0v) is 14.9. The van der Waals surface area contributed by atoms with E-state index in [4.69, 9.17) is 9.47 Å². The van der Waals surface area contributed by atoms with Crippen molar-refractivity contribution >= 4 is 17.7 Å². The minimum atomic E-state index is 0.716. The lowest BCUT2D eigenvalue weighted by atomic mass is 10.3. The highest BCUT2D eigenvalue weighted by atomic mass is 32.2. The topological polar surface area (TPSA) is 52.4 Å². The Morgan fingerprint density at radius 2 is 1.96 bits per heavy atom. The third kappa shape index (κ3) is 4.42. The first-order valence-electron chi connectivity index (χ1n) is 8.45. The van der Waals surface area contributed by atoms with Crippen molar-refractivity contribution in [2.75, 3.05) is 43.6 Å². The van der Waals surface area contributed by atoms with E-state index >= 15 is 0 Å². The van der Waals surface area contributed by atoms with Crippen molar-refractivity contribution in [2.45, 2.75) is 25.0 Å². The second kappa shape index (κ2) is 8.94. The maximum atomic E-state index is 5.72. The highest BCUT2D eigenvalue weighted by Gasteiger charge is 2.19. The number of anilines is 1. The van der Waals surface area contributed by atoms with E-state index in [9.17, 15) is 0 Å². The van der Waals surface area contributed by atoms with Crippen LogP contribution in [0.25, 0.3) is 0 Å². The minimum Gasteiger partial charge on any atom is -0.494 e. The van der Waals surface area contributed by atoms with Crippen LogP contribution in [0.2, 0.25) is 0 Å². The summed E-state index contributed by atoms with van der Waals surface area (Å²) in [6.45, 7) is 7.01. The minimum absolute atomic E-state index is 0.716. The van der Waals surface area contributed by atoms with Crippen LogP contribution in [-0.4, -0.2) is 53.4 Å². The van der Waals surface area contributed by atoms with Crippen molar-refractivity contribution in [3.8, 4) is 5.75 Å². The normalized spacial score (nSPS) is 14.8. The molecule has 7 heteroatoms. The second-order valence-corrected chi connectivity index (χ2v) is 6.55. The summed E-state index contributed by atoms with van der Waals surface area (Å²) in [5.74, 6) is 2.85. The van der Waals surface area contributed by atoms with Crippen LogP contribution in [0, 0.1) is 0 Å². The van der Waals surface area contributed by atoms with Gasteiger partial charge in [0.15, 0.2) is 5.16 Å². The largest absolute Gasteiger partial charge is 0.494 e. The quantitative estimate of drug-likeness (QED) is 0.540. The van der Waals surface area contributed by atoms with Crippen molar-refractivity contribution in [3.05, 3.63) is 30.3 Å². The molecule has 1 aliphatic rings. The Balaban J connectivity index is 1.47. The molecule has 0 bridgehead atoms. The Hall–Kier alpha value is -1.73. The number of benzene rings is 1. The van der Waals surface area contributed by atoms with Gasteiger partial charge in [0.25, 0.3) is 0 Å². The van der Waals surface area contributed by atoms with Gasteiger partial charge >= 0.3 is 0 Å². The molecule has 0 N–H and O–H groups in total. The molecule has 1 saturated heterocycles. The van der Waals surface area contributed by atoms with Crippen molar-refractivity contribution in [1.82, 2.24) is 14.8 Å². The van der Waals surface area contributed by atoms with E-state index in [0.717, 1.165) is 61.9 Å². The van der Waals surface area contributed by atoms with Crippen LogP contribution in [-0.2, 0) is 11.3 Å². The molecule has 1 aromatic carbocycles. The zero-order chi connectivity index (χ0) is 16.6. The van der Waals surface area contributed by atoms with Gasteiger partial charge in [0.05, 0.1) is 19.8 Å². The second-order valence-electron chi connectivity index (χ2n) is 5.49. The number of aromatic nitrogens is 3. The highest BCUT2D eigenvalue weighted by molar-refractivity contribution is 7.99. The molecule has 0 spiro atoms. The standard InChI is InChI=1S/C17H24N4O2S/c1-2-21-16(20-9-12-22-13-10-20)18-19-17(21)24-14-6-11-23-15-7-4-3-5-8-15/h3-5,7-8H,2,6,9-14H2,1H3. The lowest BCUT2D eigenvalue weighted by Crippen LogP contribution is -2.38. The SMILES string of the molecule is CCn1c(SCCCOc2ccccc2)nnc1N1CCOCC1. The summed E-state index contributed by atoms with van der Waals surface area (Å²) in [7, 11) is 0. The molecule has 0 saturated carbocycles. The molecule has 2 aromatic rings. The highest BCUT2D eigenvalue weighted by Crippen LogP contribution is 2.23. The number of ether oxygens (including phenoxy) is 2. The number of rotatable bonds is 8. The summed E-state index contributed by atoms with van der Waals surface area (Å²) in [4.78, 5) is 2.25. The summed E-state index contributed by atoms with van der Waals surface area (Å²) in [6, 6.07) is 9.93. The van der Waals surface area contributed by atoms with Crippen molar-refractivity contribution in [3.63, 3.8) is 0 Å². The van der Waals surface area contributed by atoms with E-state index in [1.807, 2.05) is 30.3 Å². The van der Waals surface area contributed by atoms with Gasteiger partial charge in [-0.1, -0.05) is 30.0 Å². The third-order valence-corrected chi connectivity index (χ3v) is 4.89.